The lowest BCUT2D eigenvalue weighted by Crippen LogP contribution is -2.09. The minimum absolute atomic E-state index is 0.0480. The van der Waals surface area contributed by atoms with Crippen LogP contribution in [-0.4, -0.2) is 5.92 Å². The zero-order valence-electron chi connectivity index (χ0n) is 6.53. The number of hydrogen-bond acceptors (Lipinski definition) is 0. The molecule has 0 radical (unpaired) electrons. The Hall–Kier alpha value is -0.510. The van der Waals surface area contributed by atoms with Gasteiger partial charge in [-0.05, 0) is 17.7 Å². The lowest BCUT2D eigenvalue weighted by Gasteiger charge is -2.06. The molecule has 1 aromatic rings. The third kappa shape index (κ3) is 1.27. The highest BCUT2D eigenvalue weighted by molar-refractivity contribution is 9.10. The molecule has 0 saturated heterocycles. The van der Waals surface area contributed by atoms with Gasteiger partial charge in [0.15, 0.2) is 0 Å². The van der Waals surface area contributed by atoms with Crippen molar-refractivity contribution in [3.05, 3.63) is 34.3 Å². The molecule has 0 aliphatic heterocycles. The van der Waals surface area contributed by atoms with Crippen molar-refractivity contribution in [1.82, 2.24) is 0 Å². The maximum Gasteiger partial charge on any atom is 0.289 e. The second kappa shape index (κ2) is 2.50. The van der Waals surface area contributed by atoms with Crippen molar-refractivity contribution < 1.29 is 13.2 Å². The Balaban J connectivity index is 2.38. The van der Waals surface area contributed by atoms with E-state index in [-0.39, 0.29) is 5.56 Å². The summed E-state index contributed by atoms with van der Waals surface area (Å²) in [6.07, 6.45) is -0.698. The van der Waals surface area contributed by atoms with Gasteiger partial charge in [0.2, 0.25) is 5.67 Å². The standard InChI is InChI=1S/C9H6BrF3/c10-7-3-1-2-6(4-7)8(11)5-9(8,12)13/h1-4H,5H2. The fourth-order valence-corrected chi connectivity index (χ4v) is 1.71. The molecular formula is C9H6BrF3. The molecule has 1 aliphatic rings. The molecule has 0 aromatic heterocycles. The molecule has 1 fully saturated rings. The van der Waals surface area contributed by atoms with Crippen molar-refractivity contribution in [3.63, 3.8) is 0 Å². The molecule has 1 aliphatic carbocycles. The summed E-state index contributed by atoms with van der Waals surface area (Å²) >= 11 is 3.11. The van der Waals surface area contributed by atoms with Crippen LogP contribution < -0.4 is 0 Å². The van der Waals surface area contributed by atoms with Crippen LogP contribution >= 0.6 is 15.9 Å². The van der Waals surface area contributed by atoms with Gasteiger partial charge in [-0.1, -0.05) is 28.1 Å². The van der Waals surface area contributed by atoms with E-state index in [1.807, 2.05) is 0 Å². The van der Waals surface area contributed by atoms with Crippen LogP contribution in [0.2, 0.25) is 0 Å². The zero-order valence-corrected chi connectivity index (χ0v) is 8.11. The molecule has 0 spiro atoms. The van der Waals surface area contributed by atoms with E-state index < -0.39 is 18.0 Å². The molecule has 70 valence electrons. The van der Waals surface area contributed by atoms with Crippen LogP contribution in [0.4, 0.5) is 13.2 Å². The van der Waals surface area contributed by atoms with Gasteiger partial charge in [0, 0.05) is 4.47 Å². The largest absolute Gasteiger partial charge is 0.289 e. The van der Waals surface area contributed by atoms with Crippen LogP contribution in [-0.2, 0) is 5.67 Å². The Labute approximate surface area is 81.9 Å². The van der Waals surface area contributed by atoms with E-state index in [2.05, 4.69) is 15.9 Å². The summed E-state index contributed by atoms with van der Waals surface area (Å²) in [5.74, 6) is -3.19. The predicted molar refractivity (Wildman–Crippen MR) is 46.5 cm³/mol. The molecule has 0 amide bonds. The summed E-state index contributed by atoms with van der Waals surface area (Å²) in [5.41, 5.74) is -2.39. The average molecular weight is 251 g/mol. The Kier molecular flexibility index (Phi) is 1.74. The lowest BCUT2D eigenvalue weighted by atomic mass is 10.1. The maximum atomic E-state index is 13.4. The van der Waals surface area contributed by atoms with E-state index in [1.165, 1.54) is 12.1 Å². The molecule has 1 atom stereocenters. The lowest BCUT2D eigenvalue weighted by molar-refractivity contribution is 0.0420. The van der Waals surface area contributed by atoms with Crippen molar-refractivity contribution in [3.8, 4) is 0 Å². The van der Waals surface area contributed by atoms with Gasteiger partial charge in [-0.25, -0.2) is 13.2 Å². The molecule has 2 rings (SSSR count). The predicted octanol–water partition coefficient (Wildman–Crippen LogP) is 3.65. The van der Waals surface area contributed by atoms with Gasteiger partial charge in [0.1, 0.15) is 0 Å². The SMILES string of the molecule is FC1(F)CC1(F)c1cccc(Br)c1. The zero-order chi connectivity index (χ0) is 9.69. The first-order valence-corrected chi connectivity index (χ1v) is 4.58. The molecule has 1 unspecified atom stereocenters. The number of alkyl halides is 3. The summed E-state index contributed by atoms with van der Waals surface area (Å²) in [4.78, 5) is 0. The van der Waals surface area contributed by atoms with Crippen molar-refractivity contribution >= 4 is 15.9 Å². The van der Waals surface area contributed by atoms with Crippen LogP contribution in [0.3, 0.4) is 0 Å². The van der Waals surface area contributed by atoms with E-state index in [0.717, 1.165) is 0 Å². The van der Waals surface area contributed by atoms with Crippen LogP contribution in [0.1, 0.15) is 12.0 Å². The van der Waals surface area contributed by atoms with E-state index in [4.69, 9.17) is 0 Å². The summed E-state index contributed by atoms with van der Waals surface area (Å²) in [5, 5.41) is 0. The van der Waals surface area contributed by atoms with Gasteiger partial charge < -0.3 is 0 Å². The number of hydrogen-bond donors (Lipinski definition) is 0. The first-order valence-electron chi connectivity index (χ1n) is 3.78. The van der Waals surface area contributed by atoms with Crippen molar-refractivity contribution in [2.75, 3.05) is 0 Å². The highest BCUT2D eigenvalue weighted by atomic mass is 79.9. The van der Waals surface area contributed by atoms with Crippen molar-refractivity contribution in [1.29, 1.82) is 0 Å². The number of halogens is 4. The molecule has 1 saturated carbocycles. The monoisotopic (exact) mass is 250 g/mol. The van der Waals surface area contributed by atoms with Gasteiger partial charge in [0.05, 0.1) is 6.42 Å². The van der Waals surface area contributed by atoms with Gasteiger partial charge in [-0.3, -0.25) is 0 Å². The topological polar surface area (TPSA) is 0 Å². The molecule has 0 bridgehead atoms. The molecular weight excluding hydrogens is 245 g/mol. The van der Waals surface area contributed by atoms with Crippen LogP contribution in [0.15, 0.2) is 28.7 Å². The average Bonchev–Trinajstić information content (AvgIpc) is 2.53. The van der Waals surface area contributed by atoms with E-state index in [1.54, 1.807) is 12.1 Å². The Morgan fingerprint density at radius 1 is 1.23 bits per heavy atom. The molecule has 0 N–H and O–H groups in total. The van der Waals surface area contributed by atoms with Gasteiger partial charge in [-0.2, -0.15) is 0 Å². The first-order chi connectivity index (χ1) is 5.96. The van der Waals surface area contributed by atoms with Crippen molar-refractivity contribution in [2.45, 2.75) is 18.0 Å². The molecule has 4 heteroatoms. The van der Waals surface area contributed by atoms with Gasteiger partial charge in [-0.15, -0.1) is 0 Å². The minimum Gasteiger partial charge on any atom is -0.232 e. The molecule has 13 heavy (non-hydrogen) atoms. The highest BCUT2D eigenvalue weighted by Crippen LogP contribution is 2.62. The number of rotatable bonds is 1. The summed E-state index contributed by atoms with van der Waals surface area (Å²) in [6.45, 7) is 0. The maximum absolute atomic E-state index is 13.4. The minimum atomic E-state index is -3.19. The Bertz CT molecular complexity index is 350. The fourth-order valence-electron chi connectivity index (χ4n) is 1.31. The highest BCUT2D eigenvalue weighted by Gasteiger charge is 2.74. The molecule has 0 nitrogen and oxygen atoms in total. The third-order valence-corrected chi connectivity index (χ3v) is 2.70. The van der Waals surface area contributed by atoms with Crippen LogP contribution in [0, 0.1) is 0 Å². The van der Waals surface area contributed by atoms with Gasteiger partial charge in [0.25, 0.3) is 5.92 Å². The quantitative estimate of drug-likeness (QED) is 0.714. The Morgan fingerprint density at radius 3 is 2.31 bits per heavy atom. The van der Waals surface area contributed by atoms with E-state index in [9.17, 15) is 13.2 Å². The summed E-state index contributed by atoms with van der Waals surface area (Å²) < 4.78 is 39.3. The van der Waals surface area contributed by atoms with Crippen LogP contribution in [0.25, 0.3) is 0 Å². The Morgan fingerprint density at radius 2 is 1.85 bits per heavy atom. The van der Waals surface area contributed by atoms with Gasteiger partial charge >= 0.3 is 0 Å². The smallest absolute Gasteiger partial charge is 0.232 e. The first kappa shape index (κ1) is 9.06. The van der Waals surface area contributed by atoms with E-state index >= 15 is 0 Å². The second-order valence-electron chi connectivity index (χ2n) is 3.19. The van der Waals surface area contributed by atoms with Crippen LogP contribution in [0.5, 0.6) is 0 Å². The molecule has 1 aromatic carbocycles. The molecule has 0 heterocycles. The van der Waals surface area contributed by atoms with Crippen molar-refractivity contribution in [2.24, 2.45) is 0 Å². The third-order valence-electron chi connectivity index (χ3n) is 2.20. The fraction of sp³-hybridized carbons (Fsp3) is 0.333. The number of benzene rings is 1. The normalized spacial score (nSPS) is 30.2. The summed E-state index contributed by atoms with van der Waals surface area (Å²) in [6, 6.07) is 6.00. The van der Waals surface area contributed by atoms with E-state index in [0.29, 0.717) is 4.47 Å². The summed E-state index contributed by atoms with van der Waals surface area (Å²) in [7, 11) is 0. The second-order valence-corrected chi connectivity index (χ2v) is 4.11.